The summed E-state index contributed by atoms with van der Waals surface area (Å²) in [4.78, 5) is 39.2. The lowest BCUT2D eigenvalue weighted by atomic mass is 10.1. The highest BCUT2D eigenvalue weighted by molar-refractivity contribution is 9.10. The minimum Gasteiger partial charge on any atom is -0.483 e. The van der Waals surface area contributed by atoms with Crippen LogP contribution < -0.4 is 10.1 Å². The van der Waals surface area contributed by atoms with Crippen LogP contribution in [0, 0.1) is 13.8 Å². The number of carbonyl (C=O) groups excluding carboxylic acids is 3. The predicted octanol–water partition coefficient (Wildman–Crippen LogP) is 6.97. The van der Waals surface area contributed by atoms with Crippen molar-refractivity contribution < 1.29 is 19.1 Å². The van der Waals surface area contributed by atoms with E-state index < -0.39 is 0 Å². The Bertz CT molecular complexity index is 1390. The van der Waals surface area contributed by atoms with Crippen LogP contribution in [-0.2, 0) is 16.1 Å². The molecule has 0 unspecified atom stereocenters. The van der Waals surface area contributed by atoms with Gasteiger partial charge in [0, 0.05) is 10.7 Å². The van der Waals surface area contributed by atoms with Crippen molar-refractivity contribution in [3.05, 3.63) is 97.3 Å². The summed E-state index contributed by atoms with van der Waals surface area (Å²) in [6.45, 7) is 3.88. The summed E-state index contributed by atoms with van der Waals surface area (Å²) in [5, 5.41) is 3.02. The molecule has 0 spiro atoms. The van der Waals surface area contributed by atoms with Crippen molar-refractivity contribution in [1.29, 1.82) is 0 Å². The van der Waals surface area contributed by atoms with Gasteiger partial charge in [-0.15, -0.1) is 0 Å². The van der Waals surface area contributed by atoms with Crippen molar-refractivity contribution in [2.75, 3.05) is 11.9 Å². The molecule has 3 amide bonds. The smallest absolute Gasteiger partial charge is 0.293 e. The first kappa shape index (κ1) is 26.0. The second-order valence-corrected chi connectivity index (χ2v) is 10.4. The zero-order valence-corrected chi connectivity index (χ0v) is 22.7. The number of ether oxygens (including phenoxy) is 1. The molecule has 184 valence electrons. The summed E-state index contributed by atoms with van der Waals surface area (Å²) in [6.07, 6.45) is 1.67. The summed E-state index contributed by atoms with van der Waals surface area (Å²) in [6, 6.07) is 18.2. The third kappa shape index (κ3) is 6.19. The first-order chi connectivity index (χ1) is 17.2. The minimum atomic E-state index is -0.326. The van der Waals surface area contributed by atoms with E-state index in [-0.39, 0.29) is 30.2 Å². The molecule has 0 atom stereocenters. The van der Waals surface area contributed by atoms with E-state index in [2.05, 4.69) is 21.2 Å². The molecule has 1 fully saturated rings. The molecule has 0 aliphatic carbocycles. The van der Waals surface area contributed by atoms with Crippen molar-refractivity contribution in [2.24, 2.45) is 0 Å². The van der Waals surface area contributed by atoms with Crippen molar-refractivity contribution in [1.82, 2.24) is 4.90 Å². The summed E-state index contributed by atoms with van der Waals surface area (Å²) in [5.41, 5.74) is 4.18. The number of hydrogen-bond donors (Lipinski definition) is 1. The number of carbonyl (C=O) groups is 3. The van der Waals surface area contributed by atoms with Gasteiger partial charge in [-0.2, -0.15) is 0 Å². The average Bonchev–Trinajstić information content (AvgIpc) is 3.09. The molecule has 0 bridgehead atoms. The van der Waals surface area contributed by atoms with Gasteiger partial charge in [-0.25, -0.2) is 0 Å². The highest BCUT2D eigenvalue weighted by Gasteiger charge is 2.35. The lowest BCUT2D eigenvalue weighted by Gasteiger charge is -2.14. The van der Waals surface area contributed by atoms with Crippen LogP contribution in [0.3, 0.4) is 0 Å². The minimum absolute atomic E-state index is 0.193. The van der Waals surface area contributed by atoms with Crippen LogP contribution in [-0.4, -0.2) is 28.6 Å². The van der Waals surface area contributed by atoms with Gasteiger partial charge in [0.15, 0.2) is 6.61 Å². The summed E-state index contributed by atoms with van der Waals surface area (Å²) in [7, 11) is 0. The monoisotopic (exact) mass is 584 g/mol. The normalized spacial score (nSPS) is 14.4. The molecule has 0 saturated carbocycles. The fraction of sp³-hybridized carbons (Fsp3) is 0.148. The molecule has 36 heavy (non-hydrogen) atoms. The van der Waals surface area contributed by atoms with E-state index in [0.29, 0.717) is 25.8 Å². The first-order valence-corrected chi connectivity index (χ1v) is 13.0. The molecule has 1 saturated heterocycles. The Morgan fingerprint density at radius 2 is 1.86 bits per heavy atom. The van der Waals surface area contributed by atoms with Gasteiger partial charge in [0.2, 0.25) is 0 Å². The van der Waals surface area contributed by atoms with E-state index in [1.807, 2.05) is 44.2 Å². The van der Waals surface area contributed by atoms with Gasteiger partial charge in [-0.3, -0.25) is 19.3 Å². The number of anilines is 1. The summed E-state index contributed by atoms with van der Waals surface area (Å²) in [5.74, 6) is -0.178. The molecular formula is C27H22BrClN2O4S. The van der Waals surface area contributed by atoms with Gasteiger partial charge in [-0.05, 0) is 94.1 Å². The Morgan fingerprint density at radius 1 is 1.08 bits per heavy atom. The molecule has 3 aromatic rings. The number of thioether (sulfide) groups is 1. The summed E-state index contributed by atoms with van der Waals surface area (Å²) >= 11 is 10.5. The highest BCUT2D eigenvalue weighted by Crippen LogP contribution is 2.35. The van der Waals surface area contributed by atoms with Crippen molar-refractivity contribution in [2.45, 2.75) is 20.4 Å². The van der Waals surface area contributed by atoms with Crippen LogP contribution in [0.15, 0.2) is 70.0 Å². The molecule has 9 heteroatoms. The second-order valence-electron chi connectivity index (χ2n) is 8.19. The highest BCUT2D eigenvalue weighted by atomic mass is 79.9. The van der Waals surface area contributed by atoms with Gasteiger partial charge in [-0.1, -0.05) is 48.0 Å². The van der Waals surface area contributed by atoms with Gasteiger partial charge in [0.05, 0.1) is 15.9 Å². The van der Waals surface area contributed by atoms with E-state index in [0.717, 1.165) is 34.0 Å². The van der Waals surface area contributed by atoms with E-state index in [9.17, 15) is 14.4 Å². The van der Waals surface area contributed by atoms with Gasteiger partial charge >= 0.3 is 0 Å². The van der Waals surface area contributed by atoms with Gasteiger partial charge in [0.1, 0.15) is 5.75 Å². The molecule has 3 aromatic carbocycles. The molecule has 6 nitrogen and oxygen atoms in total. The number of aryl methyl sites for hydroxylation is 2. The first-order valence-electron chi connectivity index (χ1n) is 11.0. The third-order valence-corrected chi connectivity index (χ3v) is 7.47. The van der Waals surface area contributed by atoms with Crippen molar-refractivity contribution in [3.8, 4) is 5.75 Å². The number of halogens is 2. The molecule has 1 aliphatic heterocycles. The molecule has 0 radical (unpaired) electrons. The molecule has 1 heterocycles. The quantitative estimate of drug-likeness (QED) is 0.303. The number of hydrogen-bond acceptors (Lipinski definition) is 5. The fourth-order valence-corrected chi connectivity index (χ4v) is 5.01. The van der Waals surface area contributed by atoms with Crippen LogP contribution in [0.4, 0.5) is 10.5 Å². The van der Waals surface area contributed by atoms with Crippen LogP contribution in [0.5, 0.6) is 5.75 Å². The molecular weight excluding hydrogens is 564 g/mol. The SMILES string of the molecule is Cc1ccc(NC(=O)COc2ccc(/C=C3\SC(=O)N(Cc4ccccc4C)C3=O)cc2Br)cc1Cl. The molecule has 0 aromatic heterocycles. The number of nitrogens with one attached hydrogen (secondary N) is 1. The lowest BCUT2D eigenvalue weighted by Crippen LogP contribution is -2.27. The Kier molecular flexibility index (Phi) is 8.18. The standard InChI is InChI=1S/C27H22BrClN2O4S/c1-16-5-3-4-6-19(16)14-31-26(33)24(36-27(31)34)12-18-8-10-23(21(28)11-18)35-15-25(32)30-20-9-7-17(2)22(29)13-20/h3-13H,14-15H2,1-2H3,(H,30,32)/b24-12-. The second kappa shape index (κ2) is 11.3. The van der Waals surface area contributed by atoms with E-state index in [1.54, 1.807) is 36.4 Å². The van der Waals surface area contributed by atoms with E-state index in [4.69, 9.17) is 16.3 Å². The van der Waals surface area contributed by atoms with Gasteiger partial charge in [0.25, 0.3) is 17.1 Å². The summed E-state index contributed by atoms with van der Waals surface area (Å²) < 4.78 is 6.25. The Labute approximate surface area is 226 Å². The average molecular weight is 586 g/mol. The largest absolute Gasteiger partial charge is 0.483 e. The molecule has 1 N–H and O–H groups in total. The Hall–Kier alpha value is -3.07. The van der Waals surface area contributed by atoms with Crippen LogP contribution in [0.2, 0.25) is 5.02 Å². The van der Waals surface area contributed by atoms with Crippen LogP contribution >= 0.6 is 39.3 Å². The maximum absolute atomic E-state index is 12.9. The molecule has 1 aliphatic rings. The fourth-order valence-electron chi connectivity index (χ4n) is 3.48. The number of amides is 3. The zero-order valence-electron chi connectivity index (χ0n) is 19.5. The van der Waals surface area contributed by atoms with Crippen molar-refractivity contribution >= 4 is 68.1 Å². The maximum Gasteiger partial charge on any atom is 0.293 e. The van der Waals surface area contributed by atoms with Crippen LogP contribution in [0.25, 0.3) is 6.08 Å². The van der Waals surface area contributed by atoms with Gasteiger partial charge < -0.3 is 10.1 Å². The third-order valence-electron chi connectivity index (χ3n) is 5.53. The number of imide groups is 1. The Balaban J connectivity index is 1.39. The lowest BCUT2D eigenvalue weighted by molar-refractivity contribution is -0.123. The van der Waals surface area contributed by atoms with Crippen LogP contribution in [0.1, 0.15) is 22.3 Å². The van der Waals surface area contributed by atoms with Crippen molar-refractivity contribution in [3.63, 3.8) is 0 Å². The Morgan fingerprint density at radius 3 is 2.58 bits per heavy atom. The molecule has 4 rings (SSSR count). The van der Waals surface area contributed by atoms with E-state index >= 15 is 0 Å². The zero-order chi connectivity index (χ0) is 25.8. The maximum atomic E-state index is 12.9. The number of benzene rings is 3. The number of rotatable bonds is 7. The topological polar surface area (TPSA) is 75.7 Å². The number of nitrogens with zero attached hydrogens (tertiary/aromatic N) is 1. The predicted molar refractivity (Wildman–Crippen MR) is 147 cm³/mol. The van der Waals surface area contributed by atoms with E-state index in [1.165, 1.54) is 4.90 Å².